The quantitative estimate of drug-likeness (QED) is 0.419. The lowest BCUT2D eigenvalue weighted by molar-refractivity contribution is 0.242. The summed E-state index contributed by atoms with van der Waals surface area (Å²) >= 11 is 6.54. The molecule has 7 nitrogen and oxygen atoms in total. The van der Waals surface area contributed by atoms with E-state index < -0.39 is 6.03 Å². The molecular formula is C15H12Br2N4O3. The molecule has 0 saturated carbocycles. The Labute approximate surface area is 154 Å². The van der Waals surface area contributed by atoms with Crippen molar-refractivity contribution < 1.29 is 15.0 Å². The highest BCUT2D eigenvalue weighted by Crippen LogP contribution is 2.20. The summed E-state index contributed by atoms with van der Waals surface area (Å²) in [6.45, 7) is 0. The summed E-state index contributed by atoms with van der Waals surface area (Å²) in [5, 5.41) is 26.7. The Morgan fingerprint density at radius 2 is 1.29 bits per heavy atom. The zero-order valence-corrected chi connectivity index (χ0v) is 15.2. The predicted molar refractivity (Wildman–Crippen MR) is 98.5 cm³/mol. The van der Waals surface area contributed by atoms with Crippen molar-refractivity contribution in [2.45, 2.75) is 0 Å². The van der Waals surface area contributed by atoms with E-state index in [1.165, 1.54) is 24.6 Å². The van der Waals surface area contributed by atoms with Gasteiger partial charge < -0.3 is 10.2 Å². The molecule has 2 amide bonds. The monoisotopic (exact) mass is 454 g/mol. The van der Waals surface area contributed by atoms with E-state index in [1.807, 2.05) is 0 Å². The number of urea groups is 1. The van der Waals surface area contributed by atoms with Crippen molar-refractivity contribution in [1.29, 1.82) is 0 Å². The van der Waals surface area contributed by atoms with Crippen LogP contribution >= 0.6 is 31.9 Å². The number of hydrazone groups is 2. The standard InChI is InChI=1S/C15H12Br2N4O3/c16-11-1-3-13(22)9(5-11)7-18-20-15(24)21-19-8-10-6-12(17)2-4-14(10)23/h1-8,22-23H,(H2,20,21,24)/b18-7+,19-8?. The van der Waals surface area contributed by atoms with Gasteiger partial charge in [0.05, 0.1) is 12.4 Å². The second-order valence-corrected chi connectivity index (χ2v) is 6.31. The number of benzene rings is 2. The van der Waals surface area contributed by atoms with Gasteiger partial charge in [0.25, 0.3) is 0 Å². The fraction of sp³-hybridized carbons (Fsp3) is 0. The van der Waals surface area contributed by atoms with E-state index in [0.29, 0.717) is 11.1 Å². The Morgan fingerprint density at radius 1 is 0.875 bits per heavy atom. The van der Waals surface area contributed by atoms with Gasteiger partial charge in [-0.3, -0.25) is 0 Å². The Kier molecular flexibility index (Phi) is 6.33. The molecule has 4 N–H and O–H groups in total. The van der Waals surface area contributed by atoms with Crippen molar-refractivity contribution in [3.8, 4) is 11.5 Å². The Balaban J connectivity index is 1.89. The highest BCUT2D eigenvalue weighted by molar-refractivity contribution is 9.10. The van der Waals surface area contributed by atoms with Crippen molar-refractivity contribution >= 4 is 50.3 Å². The van der Waals surface area contributed by atoms with Crippen molar-refractivity contribution in [2.75, 3.05) is 0 Å². The summed E-state index contributed by atoms with van der Waals surface area (Å²) in [5.41, 5.74) is 5.27. The molecule has 0 aliphatic heterocycles. The minimum Gasteiger partial charge on any atom is -0.507 e. The van der Waals surface area contributed by atoms with Crippen LogP contribution in [0.4, 0.5) is 4.79 Å². The van der Waals surface area contributed by atoms with E-state index in [9.17, 15) is 15.0 Å². The Bertz CT molecular complexity index is 744. The maximum atomic E-state index is 11.5. The van der Waals surface area contributed by atoms with Crippen molar-refractivity contribution in [1.82, 2.24) is 10.9 Å². The van der Waals surface area contributed by atoms with Crippen LogP contribution in [-0.4, -0.2) is 28.7 Å². The van der Waals surface area contributed by atoms with Gasteiger partial charge in [0.1, 0.15) is 11.5 Å². The van der Waals surface area contributed by atoms with Gasteiger partial charge in [-0.05, 0) is 36.4 Å². The van der Waals surface area contributed by atoms with Gasteiger partial charge in [0.2, 0.25) is 0 Å². The van der Waals surface area contributed by atoms with Crippen LogP contribution in [0.1, 0.15) is 11.1 Å². The average Bonchev–Trinajstić information content (AvgIpc) is 2.54. The molecule has 9 heteroatoms. The number of aromatic hydroxyl groups is 2. The third-order valence-corrected chi connectivity index (χ3v) is 3.71. The van der Waals surface area contributed by atoms with Gasteiger partial charge in [-0.15, -0.1) is 0 Å². The third kappa shape index (κ3) is 5.36. The molecule has 0 unspecified atom stereocenters. The summed E-state index contributed by atoms with van der Waals surface area (Å²) in [6.07, 6.45) is 2.59. The zero-order valence-electron chi connectivity index (χ0n) is 12.1. The number of halogens is 2. The first-order valence-electron chi connectivity index (χ1n) is 6.55. The molecular weight excluding hydrogens is 444 g/mol. The zero-order chi connectivity index (χ0) is 17.5. The van der Waals surface area contributed by atoms with Crippen LogP contribution in [0.3, 0.4) is 0 Å². The molecule has 2 aromatic rings. The summed E-state index contributed by atoms with van der Waals surface area (Å²) < 4.78 is 1.54. The molecule has 0 fully saturated rings. The number of carbonyl (C=O) groups is 1. The lowest BCUT2D eigenvalue weighted by Crippen LogP contribution is -2.28. The molecule has 2 aromatic carbocycles. The lowest BCUT2D eigenvalue weighted by atomic mass is 10.2. The molecule has 124 valence electrons. The number of hydrogen-bond acceptors (Lipinski definition) is 5. The van der Waals surface area contributed by atoms with E-state index in [0.717, 1.165) is 8.95 Å². The molecule has 0 spiro atoms. The average molecular weight is 456 g/mol. The second-order valence-electron chi connectivity index (χ2n) is 4.48. The minimum absolute atomic E-state index is 0.0345. The largest absolute Gasteiger partial charge is 0.507 e. The number of rotatable bonds is 4. The van der Waals surface area contributed by atoms with Crippen molar-refractivity contribution in [3.63, 3.8) is 0 Å². The summed E-state index contributed by atoms with van der Waals surface area (Å²) in [5.74, 6) is 0.0691. The first-order chi connectivity index (χ1) is 11.5. The van der Waals surface area contributed by atoms with Crippen LogP contribution in [0.15, 0.2) is 55.5 Å². The highest BCUT2D eigenvalue weighted by Gasteiger charge is 2.01. The fourth-order valence-corrected chi connectivity index (χ4v) is 2.36. The van der Waals surface area contributed by atoms with E-state index in [2.05, 4.69) is 52.9 Å². The first-order valence-corrected chi connectivity index (χ1v) is 8.13. The molecule has 0 atom stereocenters. The number of carbonyl (C=O) groups excluding carboxylic acids is 1. The number of nitrogens with one attached hydrogen (secondary N) is 2. The van der Waals surface area contributed by atoms with Crippen molar-refractivity contribution in [3.05, 3.63) is 56.5 Å². The maximum absolute atomic E-state index is 11.5. The van der Waals surface area contributed by atoms with Crippen LogP contribution in [0.25, 0.3) is 0 Å². The van der Waals surface area contributed by atoms with Gasteiger partial charge in [-0.25, -0.2) is 15.6 Å². The number of amides is 2. The van der Waals surface area contributed by atoms with Crippen LogP contribution in [0.5, 0.6) is 11.5 Å². The van der Waals surface area contributed by atoms with Crippen LogP contribution in [-0.2, 0) is 0 Å². The predicted octanol–water partition coefficient (Wildman–Crippen LogP) is 3.29. The SMILES string of the molecule is O=C(NN=Cc1cc(Br)ccc1O)N/N=C/c1cc(Br)ccc1O. The Morgan fingerprint density at radius 3 is 1.71 bits per heavy atom. The number of phenols is 2. The highest BCUT2D eigenvalue weighted by atomic mass is 79.9. The smallest absolute Gasteiger partial charge is 0.355 e. The summed E-state index contributed by atoms with van der Waals surface area (Å²) in [6, 6.07) is 8.98. The van der Waals surface area contributed by atoms with Crippen LogP contribution in [0, 0.1) is 0 Å². The van der Waals surface area contributed by atoms with Gasteiger partial charge in [0, 0.05) is 20.1 Å². The molecule has 0 saturated heterocycles. The molecule has 0 aliphatic carbocycles. The minimum atomic E-state index is -0.675. The van der Waals surface area contributed by atoms with Gasteiger partial charge in [-0.1, -0.05) is 31.9 Å². The van der Waals surface area contributed by atoms with Crippen LogP contribution < -0.4 is 10.9 Å². The Hall–Kier alpha value is -2.39. The van der Waals surface area contributed by atoms with Crippen LogP contribution in [0.2, 0.25) is 0 Å². The van der Waals surface area contributed by atoms with Gasteiger partial charge in [-0.2, -0.15) is 10.2 Å². The molecule has 0 radical (unpaired) electrons. The molecule has 2 rings (SSSR count). The number of nitrogens with zero attached hydrogens (tertiary/aromatic N) is 2. The molecule has 0 aliphatic rings. The lowest BCUT2D eigenvalue weighted by Gasteiger charge is -2.01. The molecule has 0 bridgehead atoms. The normalized spacial score (nSPS) is 11.1. The second kappa shape index (κ2) is 8.46. The van der Waals surface area contributed by atoms with Crippen molar-refractivity contribution in [2.24, 2.45) is 10.2 Å². The maximum Gasteiger partial charge on any atom is 0.355 e. The van der Waals surface area contributed by atoms with Gasteiger partial charge >= 0.3 is 6.03 Å². The van der Waals surface area contributed by atoms with E-state index >= 15 is 0 Å². The molecule has 0 heterocycles. The molecule has 0 aromatic heterocycles. The number of hydrogen-bond donors (Lipinski definition) is 4. The summed E-state index contributed by atoms with van der Waals surface area (Å²) in [4.78, 5) is 11.5. The molecule has 24 heavy (non-hydrogen) atoms. The van der Waals surface area contributed by atoms with E-state index in [-0.39, 0.29) is 11.5 Å². The summed E-state index contributed by atoms with van der Waals surface area (Å²) in [7, 11) is 0. The van der Waals surface area contributed by atoms with Gasteiger partial charge in [0.15, 0.2) is 0 Å². The number of phenolic OH excluding ortho intramolecular Hbond substituents is 2. The topological polar surface area (TPSA) is 106 Å². The fourth-order valence-electron chi connectivity index (χ4n) is 1.60. The third-order valence-electron chi connectivity index (χ3n) is 2.72. The van der Waals surface area contributed by atoms with E-state index in [4.69, 9.17) is 0 Å². The first kappa shape index (κ1) is 18.0. The van der Waals surface area contributed by atoms with E-state index in [1.54, 1.807) is 24.3 Å².